The number of furan rings is 1. The van der Waals surface area contributed by atoms with Gasteiger partial charge in [-0.3, -0.25) is 4.79 Å². The summed E-state index contributed by atoms with van der Waals surface area (Å²) in [5, 5.41) is 3.71. The number of benzene rings is 2. The van der Waals surface area contributed by atoms with Gasteiger partial charge in [-0.25, -0.2) is 8.42 Å². The number of fused-ring (bicyclic) bond motifs is 1. The lowest BCUT2D eigenvalue weighted by Gasteiger charge is -2.19. The first-order chi connectivity index (χ1) is 13.7. The van der Waals surface area contributed by atoms with Gasteiger partial charge in [-0.15, -0.1) is 0 Å². The van der Waals surface area contributed by atoms with Gasteiger partial charge >= 0.3 is 0 Å². The number of rotatable bonds is 6. The molecule has 3 aromatic rings. The van der Waals surface area contributed by atoms with E-state index in [1.54, 1.807) is 26.8 Å². The van der Waals surface area contributed by atoms with Gasteiger partial charge < -0.3 is 9.73 Å². The van der Waals surface area contributed by atoms with Crippen LogP contribution >= 0.6 is 27.5 Å². The summed E-state index contributed by atoms with van der Waals surface area (Å²) in [5.74, 6) is -0.361. The fourth-order valence-electron chi connectivity index (χ4n) is 3.06. The Morgan fingerprint density at radius 3 is 2.52 bits per heavy atom. The maximum atomic E-state index is 12.8. The molecule has 0 saturated carbocycles. The van der Waals surface area contributed by atoms with Crippen LogP contribution in [0.15, 0.2) is 50.2 Å². The van der Waals surface area contributed by atoms with E-state index in [1.165, 1.54) is 22.5 Å². The van der Waals surface area contributed by atoms with Crippen LogP contribution in [0, 0.1) is 6.92 Å². The number of sulfonamides is 1. The summed E-state index contributed by atoms with van der Waals surface area (Å²) >= 11 is 9.61. The number of aryl methyl sites for hydroxylation is 1. The van der Waals surface area contributed by atoms with Crippen LogP contribution in [-0.4, -0.2) is 31.7 Å². The van der Waals surface area contributed by atoms with Crippen molar-refractivity contribution >= 4 is 60.1 Å². The molecule has 0 aliphatic heterocycles. The number of carbonyl (C=O) groups is 1. The zero-order chi connectivity index (χ0) is 21.3. The monoisotopic (exact) mass is 498 g/mol. The van der Waals surface area contributed by atoms with Crippen molar-refractivity contribution in [3.05, 3.63) is 57.2 Å². The quantitative estimate of drug-likeness (QED) is 0.490. The molecule has 0 bridgehead atoms. The van der Waals surface area contributed by atoms with Crippen molar-refractivity contribution < 1.29 is 17.6 Å². The molecule has 154 valence electrons. The Balaban J connectivity index is 1.96. The van der Waals surface area contributed by atoms with Crippen LogP contribution in [0.2, 0.25) is 5.02 Å². The Morgan fingerprint density at radius 1 is 1.17 bits per heavy atom. The third kappa shape index (κ3) is 4.21. The van der Waals surface area contributed by atoms with Gasteiger partial charge in [0.15, 0.2) is 5.76 Å². The van der Waals surface area contributed by atoms with Gasteiger partial charge in [-0.05, 0) is 43.3 Å². The second-order valence-corrected chi connectivity index (χ2v) is 9.64. The number of carbonyl (C=O) groups excluding carboxylic acids is 1. The van der Waals surface area contributed by atoms with Gasteiger partial charge in [0, 0.05) is 28.5 Å². The maximum Gasteiger partial charge on any atom is 0.291 e. The fourth-order valence-corrected chi connectivity index (χ4v) is 5.07. The first-order valence-corrected chi connectivity index (χ1v) is 11.6. The van der Waals surface area contributed by atoms with Crippen LogP contribution in [0.1, 0.15) is 30.0 Å². The molecule has 0 radical (unpaired) electrons. The predicted octanol–water partition coefficient (Wildman–Crippen LogP) is 5.44. The molecule has 0 spiro atoms. The maximum absolute atomic E-state index is 12.8. The number of hydrogen-bond acceptors (Lipinski definition) is 4. The van der Waals surface area contributed by atoms with Crippen LogP contribution in [0.3, 0.4) is 0 Å². The lowest BCUT2D eigenvalue weighted by atomic mass is 10.1. The molecule has 1 N–H and O–H groups in total. The number of anilines is 1. The minimum atomic E-state index is -3.68. The zero-order valence-electron chi connectivity index (χ0n) is 16.1. The van der Waals surface area contributed by atoms with E-state index in [0.29, 0.717) is 24.2 Å². The summed E-state index contributed by atoms with van der Waals surface area (Å²) in [6.45, 7) is 6.01. The normalized spacial score (nSPS) is 11.9. The summed E-state index contributed by atoms with van der Waals surface area (Å²) < 4.78 is 33.4. The number of amides is 1. The van der Waals surface area contributed by atoms with E-state index in [0.717, 1.165) is 9.86 Å². The molecule has 9 heteroatoms. The third-order valence-electron chi connectivity index (χ3n) is 4.63. The molecular weight excluding hydrogens is 480 g/mol. The molecule has 1 aromatic heterocycles. The minimum absolute atomic E-state index is 0.0613. The zero-order valence-corrected chi connectivity index (χ0v) is 19.3. The predicted molar refractivity (Wildman–Crippen MR) is 118 cm³/mol. The average molecular weight is 500 g/mol. The number of halogens is 2. The second-order valence-electron chi connectivity index (χ2n) is 6.38. The number of hydrogen-bond donors (Lipinski definition) is 1. The van der Waals surface area contributed by atoms with E-state index < -0.39 is 15.9 Å². The van der Waals surface area contributed by atoms with Crippen molar-refractivity contribution in [3.8, 4) is 0 Å². The highest BCUT2D eigenvalue weighted by atomic mass is 79.9. The Morgan fingerprint density at radius 2 is 1.86 bits per heavy atom. The Bertz CT molecular complexity index is 1190. The first-order valence-electron chi connectivity index (χ1n) is 8.98. The van der Waals surface area contributed by atoms with Gasteiger partial charge in [0.05, 0.1) is 15.6 Å². The van der Waals surface area contributed by atoms with E-state index in [-0.39, 0.29) is 21.4 Å². The highest BCUT2D eigenvalue weighted by Gasteiger charge is 2.24. The van der Waals surface area contributed by atoms with Gasteiger partial charge in [0.25, 0.3) is 5.91 Å². The van der Waals surface area contributed by atoms with Crippen LogP contribution in [0.5, 0.6) is 0 Å². The molecule has 29 heavy (non-hydrogen) atoms. The lowest BCUT2D eigenvalue weighted by molar-refractivity contribution is 0.0998. The van der Waals surface area contributed by atoms with E-state index >= 15 is 0 Å². The standard InChI is InChI=1S/C20H20BrClN2O4S/c1-4-24(5-2)29(26,27)14-7-8-16(22)17(11-14)23-20(25)19-12(3)15-10-13(21)6-9-18(15)28-19/h6-11H,4-5H2,1-3H3,(H,23,25). The van der Waals surface area contributed by atoms with E-state index in [2.05, 4.69) is 21.2 Å². The molecule has 0 fully saturated rings. The first kappa shape index (κ1) is 21.8. The molecule has 0 aliphatic rings. The molecule has 0 aliphatic carbocycles. The van der Waals surface area contributed by atoms with Crippen molar-refractivity contribution in [3.63, 3.8) is 0 Å². The largest absolute Gasteiger partial charge is 0.451 e. The summed E-state index contributed by atoms with van der Waals surface area (Å²) in [6, 6.07) is 9.71. The summed E-state index contributed by atoms with van der Waals surface area (Å²) in [5.41, 5.74) is 1.47. The smallest absolute Gasteiger partial charge is 0.291 e. The third-order valence-corrected chi connectivity index (χ3v) is 7.50. The van der Waals surface area contributed by atoms with Gasteiger partial charge in [-0.1, -0.05) is 41.4 Å². The van der Waals surface area contributed by atoms with Crippen LogP contribution < -0.4 is 5.32 Å². The molecular formula is C20H20BrClN2O4S. The highest BCUT2D eigenvalue weighted by molar-refractivity contribution is 9.10. The molecule has 6 nitrogen and oxygen atoms in total. The molecule has 1 heterocycles. The van der Waals surface area contributed by atoms with Crippen LogP contribution in [-0.2, 0) is 10.0 Å². The van der Waals surface area contributed by atoms with E-state index in [4.69, 9.17) is 16.0 Å². The fraction of sp³-hybridized carbons (Fsp3) is 0.250. The number of nitrogens with zero attached hydrogens (tertiary/aromatic N) is 1. The van der Waals surface area contributed by atoms with Crippen molar-refractivity contribution in [1.29, 1.82) is 0 Å². The summed E-state index contributed by atoms with van der Waals surface area (Å²) in [7, 11) is -3.68. The van der Waals surface area contributed by atoms with Crippen LogP contribution in [0.25, 0.3) is 11.0 Å². The van der Waals surface area contributed by atoms with E-state index in [1.807, 2.05) is 12.1 Å². The SMILES string of the molecule is CCN(CC)S(=O)(=O)c1ccc(Cl)c(NC(=O)c2oc3ccc(Br)cc3c2C)c1. The summed E-state index contributed by atoms with van der Waals surface area (Å²) in [4.78, 5) is 12.9. The number of nitrogens with one attached hydrogen (secondary N) is 1. The molecule has 1 amide bonds. The lowest BCUT2D eigenvalue weighted by Crippen LogP contribution is -2.30. The second kappa shape index (κ2) is 8.47. The molecule has 3 rings (SSSR count). The minimum Gasteiger partial charge on any atom is -0.451 e. The van der Waals surface area contributed by atoms with Crippen molar-refractivity contribution in [1.82, 2.24) is 4.31 Å². The Labute approximate surface area is 183 Å². The Hall–Kier alpha value is -1.87. The van der Waals surface area contributed by atoms with E-state index in [9.17, 15) is 13.2 Å². The highest BCUT2D eigenvalue weighted by Crippen LogP contribution is 2.31. The van der Waals surface area contributed by atoms with Gasteiger partial charge in [-0.2, -0.15) is 4.31 Å². The Kier molecular flexibility index (Phi) is 6.38. The van der Waals surface area contributed by atoms with Crippen molar-refractivity contribution in [2.45, 2.75) is 25.7 Å². The molecule has 0 atom stereocenters. The topological polar surface area (TPSA) is 79.6 Å². The van der Waals surface area contributed by atoms with Crippen molar-refractivity contribution in [2.24, 2.45) is 0 Å². The van der Waals surface area contributed by atoms with Crippen molar-refractivity contribution in [2.75, 3.05) is 18.4 Å². The average Bonchev–Trinajstić information content (AvgIpc) is 3.00. The van der Waals surface area contributed by atoms with Gasteiger partial charge in [0.2, 0.25) is 10.0 Å². The van der Waals surface area contributed by atoms with Gasteiger partial charge in [0.1, 0.15) is 5.58 Å². The summed E-state index contributed by atoms with van der Waals surface area (Å²) in [6.07, 6.45) is 0. The molecule has 0 saturated heterocycles. The van der Waals surface area contributed by atoms with Crippen LogP contribution in [0.4, 0.5) is 5.69 Å². The molecule has 2 aromatic carbocycles. The molecule has 0 unspecified atom stereocenters.